The third-order valence-corrected chi connectivity index (χ3v) is 2.68. The van der Waals surface area contributed by atoms with Crippen LogP contribution in [-0.4, -0.2) is 5.11 Å². The van der Waals surface area contributed by atoms with E-state index in [1.807, 2.05) is 24.3 Å². The molecule has 0 saturated carbocycles. The van der Waals surface area contributed by atoms with Gasteiger partial charge in [0.15, 0.2) is 0 Å². The number of fused-ring (bicyclic) bond motifs is 1. The fraction of sp³-hybridized carbons (Fsp3) is 0.231. The van der Waals surface area contributed by atoms with Crippen molar-refractivity contribution in [3.8, 4) is 5.75 Å². The first-order chi connectivity index (χ1) is 6.74. The normalized spacial score (nSPS) is 10.7. The molecule has 0 aliphatic rings. The van der Waals surface area contributed by atoms with Crippen LogP contribution in [0.25, 0.3) is 10.8 Å². The van der Waals surface area contributed by atoms with Crippen LogP contribution in [-0.2, 0) is 6.42 Å². The van der Waals surface area contributed by atoms with Gasteiger partial charge in [0, 0.05) is 5.39 Å². The second-order valence-corrected chi connectivity index (χ2v) is 3.60. The van der Waals surface area contributed by atoms with E-state index < -0.39 is 0 Å². The van der Waals surface area contributed by atoms with Crippen molar-refractivity contribution in [2.45, 2.75) is 20.3 Å². The molecule has 0 aliphatic heterocycles. The zero-order valence-electron chi connectivity index (χ0n) is 8.54. The smallest absolute Gasteiger partial charge is 0.126 e. The summed E-state index contributed by atoms with van der Waals surface area (Å²) in [6, 6.07) is 10.0. The maximum Gasteiger partial charge on any atom is 0.126 e. The highest BCUT2D eigenvalue weighted by molar-refractivity contribution is 5.91. The Morgan fingerprint density at radius 3 is 2.43 bits per heavy atom. The Bertz CT molecular complexity index is 472. The monoisotopic (exact) mass is 186 g/mol. The zero-order chi connectivity index (χ0) is 10.1. The predicted molar refractivity (Wildman–Crippen MR) is 59.7 cm³/mol. The van der Waals surface area contributed by atoms with Gasteiger partial charge in [-0.05, 0) is 29.9 Å². The van der Waals surface area contributed by atoms with Gasteiger partial charge >= 0.3 is 0 Å². The van der Waals surface area contributed by atoms with E-state index in [1.165, 1.54) is 5.56 Å². The molecule has 1 N–H and O–H groups in total. The van der Waals surface area contributed by atoms with E-state index in [0.717, 1.165) is 22.8 Å². The van der Waals surface area contributed by atoms with E-state index in [4.69, 9.17) is 0 Å². The molecule has 72 valence electrons. The first-order valence-electron chi connectivity index (χ1n) is 4.94. The average Bonchev–Trinajstić information content (AvgIpc) is 2.23. The number of hydrogen-bond donors (Lipinski definition) is 1. The van der Waals surface area contributed by atoms with Crippen LogP contribution >= 0.6 is 0 Å². The number of aryl methyl sites for hydroxylation is 2. The molecule has 14 heavy (non-hydrogen) atoms. The maximum absolute atomic E-state index is 9.97. The number of phenolic OH excluding ortho intramolecular Hbond substituents is 1. The molecule has 1 nitrogen and oxygen atoms in total. The number of rotatable bonds is 1. The van der Waals surface area contributed by atoms with Crippen LogP contribution in [0, 0.1) is 6.92 Å². The molecule has 0 amide bonds. The van der Waals surface area contributed by atoms with Gasteiger partial charge in [0.05, 0.1) is 0 Å². The number of benzene rings is 2. The highest BCUT2D eigenvalue weighted by atomic mass is 16.3. The molecule has 2 rings (SSSR count). The summed E-state index contributed by atoms with van der Waals surface area (Å²) in [5.74, 6) is 0.439. The molecule has 0 spiro atoms. The van der Waals surface area contributed by atoms with E-state index in [-0.39, 0.29) is 0 Å². The van der Waals surface area contributed by atoms with Gasteiger partial charge in [-0.15, -0.1) is 0 Å². The molecule has 0 atom stereocenters. The second kappa shape index (κ2) is 3.33. The molecule has 0 bridgehead atoms. The summed E-state index contributed by atoms with van der Waals surface area (Å²) in [6.45, 7) is 4.14. The third kappa shape index (κ3) is 1.25. The first kappa shape index (κ1) is 9.07. The number of aromatic hydroxyl groups is 1. The van der Waals surface area contributed by atoms with Crippen molar-refractivity contribution in [1.82, 2.24) is 0 Å². The number of hydrogen-bond acceptors (Lipinski definition) is 1. The molecule has 0 heterocycles. The van der Waals surface area contributed by atoms with E-state index >= 15 is 0 Å². The van der Waals surface area contributed by atoms with Crippen LogP contribution in [0.3, 0.4) is 0 Å². The SMILES string of the molecule is CCc1cc(C)c2ccccc2c1O. The third-order valence-electron chi connectivity index (χ3n) is 2.68. The van der Waals surface area contributed by atoms with Crippen molar-refractivity contribution in [2.24, 2.45) is 0 Å². The summed E-state index contributed by atoms with van der Waals surface area (Å²) in [5.41, 5.74) is 2.26. The molecule has 2 aromatic rings. The Balaban J connectivity index is 2.87. The van der Waals surface area contributed by atoms with Gasteiger partial charge in [0.1, 0.15) is 5.75 Å². The lowest BCUT2D eigenvalue weighted by Gasteiger charge is -2.08. The average molecular weight is 186 g/mol. The molecule has 2 aromatic carbocycles. The second-order valence-electron chi connectivity index (χ2n) is 3.60. The quantitative estimate of drug-likeness (QED) is 0.723. The van der Waals surface area contributed by atoms with E-state index in [2.05, 4.69) is 19.9 Å². The lowest BCUT2D eigenvalue weighted by Crippen LogP contribution is -1.86. The molecular formula is C13H14O. The zero-order valence-corrected chi connectivity index (χ0v) is 8.54. The summed E-state index contributed by atoms with van der Waals surface area (Å²) < 4.78 is 0. The van der Waals surface area contributed by atoms with Crippen LogP contribution in [0.1, 0.15) is 18.1 Å². The van der Waals surface area contributed by atoms with Gasteiger partial charge < -0.3 is 5.11 Å². The first-order valence-corrected chi connectivity index (χ1v) is 4.94. The highest BCUT2D eigenvalue weighted by Crippen LogP contribution is 2.31. The van der Waals surface area contributed by atoms with Crippen LogP contribution in [0.15, 0.2) is 30.3 Å². The van der Waals surface area contributed by atoms with Gasteiger partial charge in [-0.1, -0.05) is 37.3 Å². The fourth-order valence-electron chi connectivity index (χ4n) is 1.88. The summed E-state index contributed by atoms with van der Waals surface area (Å²) in [5, 5.41) is 12.1. The van der Waals surface area contributed by atoms with Gasteiger partial charge in [-0.2, -0.15) is 0 Å². The Kier molecular flexibility index (Phi) is 2.16. The van der Waals surface area contributed by atoms with Crippen LogP contribution in [0.2, 0.25) is 0 Å². The van der Waals surface area contributed by atoms with E-state index in [1.54, 1.807) is 0 Å². The highest BCUT2D eigenvalue weighted by Gasteiger charge is 2.06. The molecule has 0 aliphatic carbocycles. The van der Waals surface area contributed by atoms with Crippen molar-refractivity contribution in [3.05, 3.63) is 41.5 Å². The Labute approximate surface area is 84.0 Å². The van der Waals surface area contributed by atoms with Crippen molar-refractivity contribution in [2.75, 3.05) is 0 Å². The molecule has 0 aromatic heterocycles. The van der Waals surface area contributed by atoms with Gasteiger partial charge in [0.25, 0.3) is 0 Å². The van der Waals surface area contributed by atoms with Crippen molar-refractivity contribution >= 4 is 10.8 Å². The minimum Gasteiger partial charge on any atom is -0.507 e. The largest absolute Gasteiger partial charge is 0.507 e. The minimum absolute atomic E-state index is 0.439. The van der Waals surface area contributed by atoms with Crippen molar-refractivity contribution in [1.29, 1.82) is 0 Å². The van der Waals surface area contributed by atoms with Gasteiger partial charge in [-0.25, -0.2) is 0 Å². The minimum atomic E-state index is 0.439. The number of phenols is 1. The van der Waals surface area contributed by atoms with E-state index in [0.29, 0.717) is 5.75 Å². The van der Waals surface area contributed by atoms with Crippen LogP contribution in [0.5, 0.6) is 5.75 Å². The molecule has 1 heteroatoms. The predicted octanol–water partition coefficient (Wildman–Crippen LogP) is 3.42. The van der Waals surface area contributed by atoms with Crippen LogP contribution in [0.4, 0.5) is 0 Å². The standard InChI is InChI=1S/C13H14O/c1-3-10-8-9(2)11-6-4-5-7-12(11)13(10)14/h4-8,14H,3H2,1-2H3. The summed E-state index contributed by atoms with van der Waals surface area (Å²) in [7, 11) is 0. The summed E-state index contributed by atoms with van der Waals surface area (Å²) >= 11 is 0. The molecular weight excluding hydrogens is 172 g/mol. The maximum atomic E-state index is 9.97. The summed E-state index contributed by atoms with van der Waals surface area (Å²) in [6.07, 6.45) is 0.873. The molecule has 0 saturated heterocycles. The topological polar surface area (TPSA) is 20.2 Å². The lowest BCUT2D eigenvalue weighted by molar-refractivity contribution is 0.475. The van der Waals surface area contributed by atoms with Gasteiger partial charge in [-0.3, -0.25) is 0 Å². The van der Waals surface area contributed by atoms with Gasteiger partial charge in [0.2, 0.25) is 0 Å². The Morgan fingerprint density at radius 1 is 1.14 bits per heavy atom. The lowest BCUT2D eigenvalue weighted by atomic mass is 9.99. The van der Waals surface area contributed by atoms with Crippen LogP contribution < -0.4 is 0 Å². The summed E-state index contributed by atoms with van der Waals surface area (Å²) in [4.78, 5) is 0. The molecule has 0 unspecified atom stereocenters. The Hall–Kier alpha value is -1.50. The molecule has 0 radical (unpaired) electrons. The van der Waals surface area contributed by atoms with Crippen molar-refractivity contribution < 1.29 is 5.11 Å². The Morgan fingerprint density at radius 2 is 1.79 bits per heavy atom. The molecule has 0 fully saturated rings. The fourth-order valence-corrected chi connectivity index (χ4v) is 1.88. The van der Waals surface area contributed by atoms with E-state index in [9.17, 15) is 5.11 Å². The van der Waals surface area contributed by atoms with Crippen molar-refractivity contribution in [3.63, 3.8) is 0 Å².